The minimum absolute atomic E-state index is 0.0119. The van der Waals surface area contributed by atoms with E-state index in [4.69, 9.17) is 5.73 Å². The monoisotopic (exact) mass is 258 g/mol. The van der Waals surface area contributed by atoms with Crippen molar-refractivity contribution in [2.24, 2.45) is 0 Å². The zero-order valence-electron chi connectivity index (χ0n) is 9.64. The van der Waals surface area contributed by atoms with Crippen molar-refractivity contribution >= 4 is 16.7 Å². The highest BCUT2D eigenvalue weighted by Gasteiger charge is 2.16. The smallest absolute Gasteiger partial charge is 0.191 e. The number of benzene rings is 1. The number of fused-ring (bicyclic) bond motifs is 1. The zero-order chi connectivity index (χ0) is 13.4. The molecule has 1 aromatic carbocycles. The first-order valence-corrected chi connectivity index (χ1v) is 5.48. The van der Waals surface area contributed by atoms with Crippen molar-refractivity contribution < 1.29 is 8.78 Å². The summed E-state index contributed by atoms with van der Waals surface area (Å²) in [4.78, 5) is 11.2. The number of halogens is 2. The predicted octanol–water partition coefficient (Wildman–Crippen LogP) is 2.55. The Hall–Kier alpha value is -2.63. The maximum atomic E-state index is 14.3. The first kappa shape index (κ1) is 11.5. The van der Waals surface area contributed by atoms with Crippen LogP contribution >= 0.6 is 0 Å². The van der Waals surface area contributed by atoms with Gasteiger partial charge in [-0.15, -0.1) is 0 Å². The second kappa shape index (κ2) is 4.24. The highest BCUT2D eigenvalue weighted by Crippen LogP contribution is 2.29. The third-order valence-electron chi connectivity index (χ3n) is 2.78. The van der Waals surface area contributed by atoms with Crippen molar-refractivity contribution in [1.82, 2.24) is 15.0 Å². The number of anilines is 1. The molecular formula is C13H8F2N4. The first-order chi connectivity index (χ1) is 9.18. The number of pyridine rings is 1. The van der Waals surface area contributed by atoms with E-state index < -0.39 is 11.6 Å². The standard InChI is InChI=1S/C13H8F2N4/c14-9-8(12-10(15)13(16)19-6-18-12)4-3-7-2-1-5-17-11(7)9/h1-6H,(H2,16,18,19). The molecule has 0 fully saturated rings. The Kier molecular flexibility index (Phi) is 2.56. The molecule has 0 atom stereocenters. The fraction of sp³-hybridized carbons (Fsp3) is 0. The summed E-state index contributed by atoms with van der Waals surface area (Å²) in [6, 6.07) is 6.52. The van der Waals surface area contributed by atoms with E-state index in [2.05, 4.69) is 15.0 Å². The van der Waals surface area contributed by atoms with Crippen LogP contribution in [-0.4, -0.2) is 15.0 Å². The molecule has 0 unspecified atom stereocenters. The Balaban J connectivity index is 2.31. The van der Waals surface area contributed by atoms with Crippen LogP contribution in [0.1, 0.15) is 0 Å². The first-order valence-electron chi connectivity index (χ1n) is 5.48. The predicted molar refractivity (Wildman–Crippen MR) is 67.1 cm³/mol. The van der Waals surface area contributed by atoms with Crippen LogP contribution < -0.4 is 5.73 Å². The van der Waals surface area contributed by atoms with Crippen LogP contribution in [0.3, 0.4) is 0 Å². The van der Waals surface area contributed by atoms with Gasteiger partial charge >= 0.3 is 0 Å². The number of hydrogen-bond donors (Lipinski definition) is 1. The van der Waals surface area contributed by atoms with Gasteiger partial charge in [0, 0.05) is 17.1 Å². The topological polar surface area (TPSA) is 64.7 Å². The van der Waals surface area contributed by atoms with Crippen LogP contribution in [0, 0.1) is 11.6 Å². The number of aromatic nitrogens is 3. The summed E-state index contributed by atoms with van der Waals surface area (Å²) < 4.78 is 28.2. The number of nitrogens with two attached hydrogens (primary N) is 1. The molecule has 0 aliphatic carbocycles. The van der Waals surface area contributed by atoms with Crippen molar-refractivity contribution in [2.75, 3.05) is 5.73 Å². The highest BCUT2D eigenvalue weighted by atomic mass is 19.1. The fourth-order valence-corrected chi connectivity index (χ4v) is 1.86. The van der Waals surface area contributed by atoms with Crippen LogP contribution in [0.25, 0.3) is 22.2 Å². The average molecular weight is 258 g/mol. The molecule has 94 valence electrons. The summed E-state index contributed by atoms with van der Waals surface area (Å²) in [5.41, 5.74) is 5.36. The van der Waals surface area contributed by atoms with E-state index in [1.165, 1.54) is 12.3 Å². The molecule has 0 aliphatic rings. The Morgan fingerprint density at radius 1 is 0.947 bits per heavy atom. The van der Waals surface area contributed by atoms with Crippen LogP contribution in [0.2, 0.25) is 0 Å². The third-order valence-corrected chi connectivity index (χ3v) is 2.78. The summed E-state index contributed by atoms with van der Waals surface area (Å²) in [5, 5.41) is 0.631. The molecule has 2 aromatic heterocycles. The molecule has 0 amide bonds. The van der Waals surface area contributed by atoms with E-state index in [1.807, 2.05) is 0 Å². The van der Waals surface area contributed by atoms with Gasteiger partial charge in [-0.25, -0.2) is 18.7 Å². The maximum absolute atomic E-state index is 14.3. The number of rotatable bonds is 1. The Labute approximate surface area is 107 Å². The highest BCUT2D eigenvalue weighted by molar-refractivity contribution is 5.84. The quantitative estimate of drug-likeness (QED) is 0.728. The minimum Gasteiger partial charge on any atom is -0.381 e. The van der Waals surface area contributed by atoms with E-state index in [9.17, 15) is 8.78 Å². The minimum atomic E-state index is -0.836. The van der Waals surface area contributed by atoms with Gasteiger partial charge in [0.05, 0.1) is 0 Å². The lowest BCUT2D eigenvalue weighted by atomic mass is 10.1. The second-order valence-corrected chi connectivity index (χ2v) is 3.92. The van der Waals surface area contributed by atoms with Crippen molar-refractivity contribution in [2.45, 2.75) is 0 Å². The number of hydrogen-bond acceptors (Lipinski definition) is 4. The fourth-order valence-electron chi connectivity index (χ4n) is 1.86. The summed E-state index contributed by atoms with van der Waals surface area (Å²) in [5.74, 6) is -1.78. The molecule has 2 N–H and O–H groups in total. The van der Waals surface area contributed by atoms with E-state index in [0.29, 0.717) is 5.39 Å². The van der Waals surface area contributed by atoms with Crippen molar-refractivity contribution in [1.29, 1.82) is 0 Å². The molecular weight excluding hydrogens is 250 g/mol. The van der Waals surface area contributed by atoms with Gasteiger partial charge in [0.1, 0.15) is 17.5 Å². The third kappa shape index (κ3) is 1.77. The molecule has 0 radical (unpaired) electrons. The van der Waals surface area contributed by atoms with Gasteiger partial charge in [-0.05, 0) is 12.1 Å². The molecule has 6 heteroatoms. The lowest BCUT2D eigenvalue weighted by molar-refractivity contribution is 0.614. The summed E-state index contributed by atoms with van der Waals surface area (Å²) in [7, 11) is 0. The molecule has 0 bridgehead atoms. The van der Waals surface area contributed by atoms with E-state index in [0.717, 1.165) is 6.33 Å². The molecule has 0 aliphatic heterocycles. The lowest BCUT2D eigenvalue weighted by Gasteiger charge is -2.07. The van der Waals surface area contributed by atoms with Crippen molar-refractivity contribution in [3.05, 3.63) is 48.4 Å². The average Bonchev–Trinajstić information content (AvgIpc) is 2.43. The van der Waals surface area contributed by atoms with Crippen LogP contribution in [0.4, 0.5) is 14.6 Å². The molecule has 3 rings (SSSR count). The molecule has 3 aromatic rings. The van der Waals surface area contributed by atoms with Gasteiger partial charge in [-0.1, -0.05) is 12.1 Å². The van der Waals surface area contributed by atoms with Crippen molar-refractivity contribution in [3.63, 3.8) is 0 Å². The number of nitrogen functional groups attached to an aromatic ring is 1. The van der Waals surface area contributed by atoms with E-state index >= 15 is 0 Å². The Morgan fingerprint density at radius 3 is 2.63 bits per heavy atom. The van der Waals surface area contributed by atoms with E-state index in [-0.39, 0.29) is 22.6 Å². The second-order valence-electron chi connectivity index (χ2n) is 3.92. The van der Waals surface area contributed by atoms with Gasteiger partial charge in [-0.3, -0.25) is 4.98 Å². The van der Waals surface area contributed by atoms with Crippen LogP contribution in [0.5, 0.6) is 0 Å². The largest absolute Gasteiger partial charge is 0.381 e. The molecule has 0 spiro atoms. The molecule has 0 saturated carbocycles. The van der Waals surface area contributed by atoms with Gasteiger partial charge < -0.3 is 5.73 Å². The van der Waals surface area contributed by atoms with Crippen LogP contribution in [0.15, 0.2) is 36.8 Å². The van der Waals surface area contributed by atoms with Gasteiger partial charge in [0.2, 0.25) is 0 Å². The summed E-state index contributed by atoms with van der Waals surface area (Å²) in [6.45, 7) is 0. The van der Waals surface area contributed by atoms with Crippen molar-refractivity contribution in [3.8, 4) is 11.3 Å². The maximum Gasteiger partial charge on any atom is 0.191 e. The molecule has 0 saturated heterocycles. The Bertz CT molecular complexity index is 774. The Morgan fingerprint density at radius 2 is 1.79 bits per heavy atom. The normalized spacial score (nSPS) is 10.8. The van der Waals surface area contributed by atoms with Gasteiger partial charge in [0.15, 0.2) is 17.5 Å². The number of nitrogens with zero attached hydrogens (tertiary/aromatic N) is 3. The summed E-state index contributed by atoms with van der Waals surface area (Å²) >= 11 is 0. The van der Waals surface area contributed by atoms with Gasteiger partial charge in [-0.2, -0.15) is 0 Å². The molecule has 4 nitrogen and oxygen atoms in total. The van der Waals surface area contributed by atoms with E-state index in [1.54, 1.807) is 18.2 Å². The van der Waals surface area contributed by atoms with Gasteiger partial charge in [0.25, 0.3) is 0 Å². The molecule has 19 heavy (non-hydrogen) atoms. The lowest BCUT2D eigenvalue weighted by Crippen LogP contribution is -2.01. The summed E-state index contributed by atoms with van der Waals surface area (Å²) in [6.07, 6.45) is 2.57. The zero-order valence-corrected chi connectivity index (χ0v) is 9.64. The van der Waals surface area contributed by atoms with Crippen LogP contribution in [-0.2, 0) is 0 Å². The SMILES string of the molecule is Nc1ncnc(-c2ccc3cccnc3c2F)c1F. The molecule has 2 heterocycles.